The van der Waals surface area contributed by atoms with Crippen LogP contribution in [0.15, 0.2) is 24.3 Å². The fourth-order valence-corrected chi connectivity index (χ4v) is 3.51. The Morgan fingerprint density at radius 2 is 1.87 bits per heavy atom. The number of hydrogen-bond acceptors (Lipinski definition) is 2. The number of carbonyl (C=O) groups is 1. The standard InChI is InChI=1S/C18H26FN3O/c19-16-6-4-14(5-7-16)17-8-9-20-11-15(17)12-22-18(23)21-10-13-2-1-3-13/h4-7,13,15,17,20H,1-3,8-12H2,(H2,21,22,23)/t15-,17+/m1/s1. The minimum absolute atomic E-state index is 0.0691. The molecule has 4 nitrogen and oxygen atoms in total. The van der Waals surface area contributed by atoms with Crippen molar-refractivity contribution in [1.29, 1.82) is 0 Å². The average molecular weight is 319 g/mol. The molecule has 0 unspecified atom stereocenters. The lowest BCUT2D eigenvalue weighted by Gasteiger charge is -2.33. The molecule has 1 aromatic carbocycles. The van der Waals surface area contributed by atoms with Gasteiger partial charge in [-0.15, -0.1) is 0 Å². The summed E-state index contributed by atoms with van der Waals surface area (Å²) in [6.45, 7) is 3.28. The van der Waals surface area contributed by atoms with Crippen molar-refractivity contribution >= 4 is 6.03 Å². The molecular formula is C18H26FN3O. The largest absolute Gasteiger partial charge is 0.338 e. The molecule has 0 aromatic heterocycles. The molecule has 5 heteroatoms. The van der Waals surface area contributed by atoms with Gasteiger partial charge in [0.2, 0.25) is 0 Å². The fourth-order valence-electron chi connectivity index (χ4n) is 3.51. The van der Waals surface area contributed by atoms with Crippen molar-refractivity contribution < 1.29 is 9.18 Å². The first-order chi connectivity index (χ1) is 11.2. The van der Waals surface area contributed by atoms with Gasteiger partial charge in [-0.1, -0.05) is 18.6 Å². The summed E-state index contributed by atoms with van der Waals surface area (Å²) in [6.07, 6.45) is 4.78. The van der Waals surface area contributed by atoms with Crippen molar-refractivity contribution in [2.45, 2.75) is 31.6 Å². The minimum Gasteiger partial charge on any atom is -0.338 e. The summed E-state index contributed by atoms with van der Waals surface area (Å²) >= 11 is 0. The van der Waals surface area contributed by atoms with E-state index in [-0.39, 0.29) is 11.8 Å². The van der Waals surface area contributed by atoms with Gasteiger partial charge in [-0.05, 0) is 61.3 Å². The second-order valence-electron chi connectivity index (χ2n) is 6.80. The molecule has 0 bridgehead atoms. The molecule has 0 spiro atoms. The van der Waals surface area contributed by atoms with Crippen molar-refractivity contribution in [3.8, 4) is 0 Å². The van der Waals surface area contributed by atoms with E-state index in [0.29, 0.717) is 24.3 Å². The van der Waals surface area contributed by atoms with Crippen LogP contribution in [0.1, 0.15) is 37.2 Å². The summed E-state index contributed by atoms with van der Waals surface area (Å²) in [6, 6.07) is 6.71. The molecule has 1 aliphatic carbocycles. The van der Waals surface area contributed by atoms with E-state index < -0.39 is 0 Å². The molecule has 1 heterocycles. The maximum atomic E-state index is 13.1. The van der Waals surface area contributed by atoms with Crippen LogP contribution in [0.5, 0.6) is 0 Å². The third-order valence-electron chi connectivity index (χ3n) is 5.21. The third kappa shape index (κ3) is 4.44. The van der Waals surface area contributed by atoms with Gasteiger partial charge in [-0.25, -0.2) is 9.18 Å². The molecule has 126 valence electrons. The molecule has 1 saturated carbocycles. The molecule has 1 saturated heterocycles. The van der Waals surface area contributed by atoms with Crippen LogP contribution in [0.3, 0.4) is 0 Å². The normalized spacial score (nSPS) is 24.7. The van der Waals surface area contributed by atoms with Crippen LogP contribution in [0.2, 0.25) is 0 Å². The fraction of sp³-hybridized carbons (Fsp3) is 0.611. The Bertz CT molecular complexity index is 516. The zero-order valence-electron chi connectivity index (χ0n) is 13.5. The Hall–Kier alpha value is -1.62. The Morgan fingerprint density at radius 1 is 1.13 bits per heavy atom. The molecule has 3 rings (SSSR count). The SMILES string of the molecule is O=C(NCC1CCC1)NC[C@H]1CNCC[C@H]1c1ccc(F)cc1. The summed E-state index contributed by atoms with van der Waals surface area (Å²) in [5.74, 6) is 1.17. The first kappa shape index (κ1) is 16.2. The van der Waals surface area contributed by atoms with Crippen molar-refractivity contribution in [3.63, 3.8) is 0 Å². The summed E-state index contributed by atoms with van der Waals surface area (Å²) in [4.78, 5) is 11.9. The van der Waals surface area contributed by atoms with Crippen molar-refractivity contribution in [1.82, 2.24) is 16.0 Å². The van der Waals surface area contributed by atoms with Crippen LogP contribution in [-0.2, 0) is 0 Å². The number of amides is 2. The Kier molecular flexibility index (Phi) is 5.49. The summed E-state index contributed by atoms with van der Waals surface area (Å²) < 4.78 is 13.1. The van der Waals surface area contributed by atoms with Crippen molar-refractivity contribution in [2.75, 3.05) is 26.2 Å². The van der Waals surface area contributed by atoms with E-state index in [1.807, 2.05) is 12.1 Å². The van der Waals surface area contributed by atoms with E-state index in [1.165, 1.54) is 31.4 Å². The zero-order valence-corrected chi connectivity index (χ0v) is 13.5. The van der Waals surface area contributed by atoms with E-state index in [2.05, 4.69) is 16.0 Å². The molecule has 2 amide bonds. The minimum atomic E-state index is -0.201. The maximum Gasteiger partial charge on any atom is 0.314 e. The van der Waals surface area contributed by atoms with Crippen LogP contribution in [0.25, 0.3) is 0 Å². The highest BCUT2D eigenvalue weighted by Gasteiger charge is 2.27. The van der Waals surface area contributed by atoms with Gasteiger partial charge < -0.3 is 16.0 Å². The maximum absolute atomic E-state index is 13.1. The predicted molar refractivity (Wildman–Crippen MR) is 88.9 cm³/mol. The van der Waals surface area contributed by atoms with Crippen LogP contribution in [0, 0.1) is 17.7 Å². The lowest BCUT2D eigenvalue weighted by Crippen LogP contribution is -2.46. The molecular weight excluding hydrogens is 293 g/mol. The van der Waals surface area contributed by atoms with E-state index in [0.717, 1.165) is 31.6 Å². The van der Waals surface area contributed by atoms with Crippen LogP contribution in [0.4, 0.5) is 9.18 Å². The number of piperidine rings is 1. The van der Waals surface area contributed by atoms with Gasteiger partial charge in [0.15, 0.2) is 0 Å². The Balaban J connectivity index is 1.49. The Labute approximate surface area is 137 Å². The van der Waals surface area contributed by atoms with Gasteiger partial charge in [0.1, 0.15) is 5.82 Å². The third-order valence-corrected chi connectivity index (χ3v) is 5.21. The molecule has 2 aliphatic rings. The zero-order chi connectivity index (χ0) is 16.1. The van der Waals surface area contributed by atoms with Crippen molar-refractivity contribution in [2.24, 2.45) is 11.8 Å². The highest BCUT2D eigenvalue weighted by atomic mass is 19.1. The molecule has 3 N–H and O–H groups in total. The van der Waals surface area contributed by atoms with Gasteiger partial charge in [-0.3, -0.25) is 0 Å². The lowest BCUT2D eigenvalue weighted by molar-refractivity contribution is 0.227. The number of urea groups is 1. The highest BCUT2D eigenvalue weighted by Crippen LogP contribution is 2.30. The first-order valence-electron chi connectivity index (χ1n) is 8.70. The summed E-state index contributed by atoms with van der Waals surface area (Å²) in [5.41, 5.74) is 1.16. The molecule has 0 radical (unpaired) electrons. The van der Waals surface area contributed by atoms with Crippen LogP contribution in [-0.4, -0.2) is 32.2 Å². The smallest absolute Gasteiger partial charge is 0.314 e. The lowest BCUT2D eigenvalue weighted by atomic mass is 9.81. The Morgan fingerprint density at radius 3 is 2.57 bits per heavy atom. The van der Waals surface area contributed by atoms with E-state index in [4.69, 9.17) is 0 Å². The van der Waals surface area contributed by atoms with Crippen LogP contribution < -0.4 is 16.0 Å². The van der Waals surface area contributed by atoms with Gasteiger partial charge >= 0.3 is 6.03 Å². The number of rotatable bonds is 5. The predicted octanol–water partition coefficient (Wildman–Crippen LogP) is 2.62. The van der Waals surface area contributed by atoms with Gasteiger partial charge in [-0.2, -0.15) is 0 Å². The van der Waals surface area contributed by atoms with Gasteiger partial charge in [0, 0.05) is 19.6 Å². The number of carbonyl (C=O) groups excluding carboxylic acids is 1. The van der Waals surface area contributed by atoms with E-state index in [9.17, 15) is 9.18 Å². The summed E-state index contributed by atoms with van der Waals surface area (Å²) in [5, 5.41) is 9.36. The quantitative estimate of drug-likeness (QED) is 0.781. The van der Waals surface area contributed by atoms with E-state index in [1.54, 1.807) is 0 Å². The van der Waals surface area contributed by atoms with E-state index >= 15 is 0 Å². The number of halogens is 1. The molecule has 23 heavy (non-hydrogen) atoms. The second kappa shape index (κ2) is 7.77. The summed E-state index contributed by atoms with van der Waals surface area (Å²) in [7, 11) is 0. The van der Waals surface area contributed by atoms with Gasteiger partial charge in [0.05, 0.1) is 0 Å². The molecule has 1 aromatic rings. The molecule has 2 atom stereocenters. The number of hydrogen-bond donors (Lipinski definition) is 3. The van der Waals surface area contributed by atoms with Gasteiger partial charge in [0.25, 0.3) is 0 Å². The van der Waals surface area contributed by atoms with Crippen LogP contribution >= 0.6 is 0 Å². The number of nitrogens with one attached hydrogen (secondary N) is 3. The average Bonchev–Trinajstić information content (AvgIpc) is 2.52. The second-order valence-corrected chi connectivity index (χ2v) is 6.80. The first-order valence-corrected chi connectivity index (χ1v) is 8.70. The highest BCUT2D eigenvalue weighted by molar-refractivity contribution is 5.73. The topological polar surface area (TPSA) is 53.2 Å². The van der Waals surface area contributed by atoms with Crippen molar-refractivity contribution in [3.05, 3.63) is 35.6 Å². The molecule has 2 fully saturated rings. The monoisotopic (exact) mass is 319 g/mol. The molecule has 1 aliphatic heterocycles. The number of benzene rings is 1.